The number of hydrogen-bond acceptors (Lipinski definition) is 4. The van der Waals surface area contributed by atoms with E-state index in [9.17, 15) is 17.6 Å². The second-order valence-corrected chi connectivity index (χ2v) is 6.86. The van der Waals surface area contributed by atoms with Gasteiger partial charge in [-0.1, -0.05) is 20.4 Å². The van der Waals surface area contributed by atoms with Crippen LogP contribution in [-0.2, 0) is 14.9 Å². The third-order valence-corrected chi connectivity index (χ3v) is 4.89. The first-order valence-electron chi connectivity index (χ1n) is 5.72. The van der Waals surface area contributed by atoms with Gasteiger partial charge in [0.1, 0.15) is 4.90 Å². The van der Waals surface area contributed by atoms with Gasteiger partial charge in [-0.05, 0) is 25.0 Å². The highest BCUT2D eigenvalue weighted by molar-refractivity contribution is 9.10. The maximum Gasteiger partial charge on any atom is 0.338 e. The van der Waals surface area contributed by atoms with Crippen LogP contribution >= 0.6 is 15.9 Å². The second-order valence-electron chi connectivity index (χ2n) is 4.14. The predicted octanol–water partition coefficient (Wildman–Crippen LogP) is 2.00. The molecule has 1 aromatic rings. The SMILES string of the molecule is O=C(O)c1cc(Br)cc(S(=O)(=O)N2CCCCO2)c1F. The van der Waals surface area contributed by atoms with Crippen LogP contribution in [0.4, 0.5) is 4.39 Å². The molecule has 1 saturated heterocycles. The Balaban J connectivity index is 2.53. The molecular weight excluding hydrogens is 357 g/mol. The maximum atomic E-state index is 14.1. The molecule has 0 radical (unpaired) electrons. The van der Waals surface area contributed by atoms with E-state index in [4.69, 9.17) is 9.94 Å². The normalized spacial score (nSPS) is 17.1. The van der Waals surface area contributed by atoms with Gasteiger partial charge in [-0.2, -0.15) is 0 Å². The maximum absolute atomic E-state index is 14.1. The lowest BCUT2D eigenvalue weighted by atomic mass is 10.2. The molecule has 0 saturated carbocycles. The molecule has 110 valence electrons. The molecule has 0 aliphatic carbocycles. The average molecular weight is 368 g/mol. The number of rotatable bonds is 3. The van der Waals surface area contributed by atoms with Crippen molar-refractivity contribution in [3.8, 4) is 0 Å². The summed E-state index contributed by atoms with van der Waals surface area (Å²) in [5, 5.41) is 8.89. The van der Waals surface area contributed by atoms with E-state index in [0.29, 0.717) is 17.3 Å². The lowest BCUT2D eigenvalue weighted by Gasteiger charge is -2.25. The van der Waals surface area contributed by atoms with Crippen molar-refractivity contribution in [3.63, 3.8) is 0 Å². The van der Waals surface area contributed by atoms with Crippen LogP contribution in [0.5, 0.6) is 0 Å². The van der Waals surface area contributed by atoms with Crippen molar-refractivity contribution in [2.45, 2.75) is 17.7 Å². The zero-order valence-corrected chi connectivity index (χ0v) is 12.6. The van der Waals surface area contributed by atoms with Crippen molar-refractivity contribution >= 4 is 31.9 Å². The quantitative estimate of drug-likeness (QED) is 0.883. The van der Waals surface area contributed by atoms with Crippen LogP contribution in [-0.4, -0.2) is 37.1 Å². The Morgan fingerprint density at radius 2 is 2.10 bits per heavy atom. The van der Waals surface area contributed by atoms with E-state index in [1.807, 2.05) is 0 Å². The third-order valence-electron chi connectivity index (χ3n) is 2.75. The molecule has 1 aliphatic heterocycles. The van der Waals surface area contributed by atoms with Gasteiger partial charge in [-0.25, -0.2) is 17.6 Å². The Hall–Kier alpha value is -1.03. The van der Waals surface area contributed by atoms with E-state index in [-0.39, 0.29) is 17.6 Å². The van der Waals surface area contributed by atoms with Crippen molar-refractivity contribution in [1.82, 2.24) is 4.47 Å². The second kappa shape index (κ2) is 5.76. The molecule has 20 heavy (non-hydrogen) atoms. The largest absolute Gasteiger partial charge is 0.478 e. The van der Waals surface area contributed by atoms with Crippen LogP contribution in [0, 0.1) is 5.82 Å². The first-order valence-corrected chi connectivity index (χ1v) is 7.95. The van der Waals surface area contributed by atoms with Crippen LogP contribution in [0.3, 0.4) is 0 Å². The Morgan fingerprint density at radius 3 is 2.65 bits per heavy atom. The number of benzene rings is 1. The summed E-state index contributed by atoms with van der Waals surface area (Å²) in [6, 6.07) is 2.03. The number of nitrogens with zero attached hydrogens (tertiary/aromatic N) is 1. The molecule has 0 bridgehead atoms. The molecule has 2 rings (SSSR count). The summed E-state index contributed by atoms with van der Waals surface area (Å²) < 4.78 is 39.5. The minimum atomic E-state index is -4.23. The van der Waals surface area contributed by atoms with E-state index < -0.39 is 32.3 Å². The number of carbonyl (C=O) groups is 1. The minimum absolute atomic E-state index is 0.108. The van der Waals surface area contributed by atoms with Crippen LogP contribution in [0.1, 0.15) is 23.2 Å². The molecule has 1 aliphatic rings. The van der Waals surface area contributed by atoms with Crippen molar-refractivity contribution in [2.24, 2.45) is 0 Å². The van der Waals surface area contributed by atoms with Crippen molar-refractivity contribution in [1.29, 1.82) is 0 Å². The third kappa shape index (κ3) is 2.85. The van der Waals surface area contributed by atoms with Crippen LogP contribution in [0.15, 0.2) is 21.5 Å². The zero-order chi connectivity index (χ0) is 14.9. The Bertz CT molecular complexity index is 642. The molecule has 0 unspecified atom stereocenters. The van der Waals surface area contributed by atoms with E-state index in [0.717, 1.165) is 12.1 Å². The number of carboxylic acid groups (broad SMARTS) is 1. The average Bonchev–Trinajstić information content (AvgIpc) is 2.41. The molecule has 1 heterocycles. The van der Waals surface area contributed by atoms with Crippen molar-refractivity contribution in [3.05, 3.63) is 28.0 Å². The fourth-order valence-corrected chi connectivity index (χ4v) is 3.80. The standard InChI is InChI=1S/C11H11BrFNO5S/c12-7-5-8(11(15)16)10(13)9(6-7)20(17,18)14-3-1-2-4-19-14/h5-6H,1-4H2,(H,15,16). The number of aromatic carboxylic acids is 1. The number of sulfonamides is 1. The topological polar surface area (TPSA) is 83.9 Å². The van der Waals surface area contributed by atoms with Gasteiger partial charge in [0.2, 0.25) is 0 Å². The van der Waals surface area contributed by atoms with E-state index >= 15 is 0 Å². The summed E-state index contributed by atoms with van der Waals surface area (Å²) >= 11 is 2.98. The zero-order valence-electron chi connectivity index (χ0n) is 10.2. The summed E-state index contributed by atoms with van der Waals surface area (Å²) in [4.78, 5) is 15.2. The van der Waals surface area contributed by atoms with Crippen LogP contribution in [0.2, 0.25) is 0 Å². The van der Waals surface area contributed by atoms with Gasteiger partial charge in [-0.3, -0.25) is 4.84 Å². The summed E-state index contributed by atoms with van der Waals surface area (Å²) in [7, 11) is -4.23. The lowest BCUT2D eigenvalue weighted by Crippen LogP contribution is -2.36. The Morgan fingerprint density at radius 1 is 1.40 bits per heavy atom. The number of hydrogen-bond donors (Lipinski definition) is 1. The summed E-state index contributed by atoms with van der Waals surface area (Å²) in [6.45, 7) is 0.331. The predicted molar refractivity (Wildman–Crippen MR) is 70.1 cm³/mol. The minimum Gasteiger partial charge on any atom is -0.478 e. The highest BCUT2D eigenvalue weighted by Gasteiger charge is 2.32. The van der Waals surface area contributed by atoms with Gasteiger partial charge >= 0.3 is 5.97 Å². The Labute approximate surface area is 123 Å². The van der Waals surface area contributed by atoms with Crippen molar-refractivity contribution < 1.29 is 27.5 Å². The van der Waals surface area contributed by atoms with E-state index in [2.05, 4.69) is 15.9 Å². The van der Waals surface area contributed by atoms with Crippen LogP contribution in [0.25, 0.3) is 0 Å². The van der Waals surface area contributed by atoms with Gasteiger partial charge in [-0.15, -0.1) is 0 Å². The van der Waals surface area contributed by atoms with Crippen LogP contribution < -0.4 is 0 Å². The fraction of sp³-hybridized carbons (Fsp3) is 0.364. The van der Waals surface area contributed by atoms with Gasteiger partial charge in [0.15, 0.2) is 5.82 Å². The number of carboxylic acids is 1. The molecule has 0 amide bonds. The number of halogens is 2. The van der Waals surface area contributed by atoms with Gasteiger partial charge in [0.05, 0.1) is 12.2 Å². The molecule has 9 heteroatoms. The smallest absolute Gasteiger partial charge is 0.338 e. The van der Waals surface area contributed by atoms with Gasteiger partial charge < -0.3 is 5.11 Å². The first-order chi connectivity index (χ1) is 9.34. The van der Waals surface area contributed by atoms with E-state index in [1.54, 1.807) is 0 Å². The van der Waals surface area contributed by atoms with Gasteiger partial charge in [0.25, 0.3) is 10.0 Å². The van der Waals surface area contributed by atoms with Gasteiger partial charge in [0, 0.05) is 11.0 Å². The molecule has 0 spiro atoms. The molecular formula is C11H11BrFNO5S. The monoisotopic (exact) mass is 367 g/mol. The Kier molecular flexibility index (Phi) is 4.43. The molecule has 0 atom stereocenters. The summed E-state index contributed by atoms with van der Waals surface area (Å²) in [5.74, 6) is -2.84. The molecule has 1 N–H and O–H groups in total. The van der Waals surface area contributed by atoms with Crippen molar-refractivity contribution in [2.75, 3.05) is 13.2 Å². The highest BCUT2D eigenvalue weighted by Crippen LogP contribution is 2.28. The first kappa shape index (κ1) is 15.4. The molecule has 1 aromatic carbocycles. The molecule has 6 nitrogen and oxygen atoms in total. The fourth-order valence-electron chi connectivity index (χ4n) is 1.78. The highest BCUT2D eigenvalue weighted by atomic mass is 79.9. The number of hydroxylamine groups is 1. The summed E-state index contributed by atoms with van der Waals surface area (Å²) in [6.07, 6.45) is 1.31. The van der Waals surface area contributed by atoms with E-state index in [1.165, 1.54) is 0 Å². The molecule has 0 aromatic heterocycles. The lowest BCUT2D eigenvalue weighted by molar-refractivity contribution is -0.109. The summed E-state index contributed by atoms with van der Waals surface area (Å²) in [5.41, 5.74) is -0.713. The molecule has 1 fully saturated rings.